The molecule has 1 heterocycles. The first-order valence-electron chi connectivity index (χ1n) is 7.64. The van der Waals surface area contributed by atoms with Crippen LogP contribution in [-0.4, -0.2) is 29.8 Å². The average molecular weight is 376 g/mol. The molecule has 0 unspecified atom stereocenters. The zero-order valence-electron chi connectivity index (χ0n) is 14.0. The van der Waals surface area contributed by atoms with Crippen molar-refractivity contribution in [3.05, 3.63) is 52.1 Å². The highest BCUT2D eigenvalue weighted by Gasteiger charge is 2.13. The molecule has 0 bridgehead atoms. The monoisotopic (exact) mass is 375 g/mol. The summed E-state index contributed by atoms with van der Waals surface area (Å²) in [5, 5.41) is 0. The number of hydrogen-bond donors (Lipinski definition) is 0. The number of halogens is 1. The van der Waals surface area contributed by atoms with E-state index < -0.39 is 0 Å². The van der Waals surface area contributed by atoms with E-state index in [0.29, 0.717) is 5.88 Å². The number of nitrogens with zero attached hydrogens (tertiary/aromatic N) is 3. The number of aromatic nitrogens is 1. The van der Waals surface area contributed by atoms with Crippen LogP contribution < -0.4 is 4.74 Å². The van der Waals surface area contributed by atoms with E-state index in [4.69, 9.17) is 4.74 Å². The Morgan fingerprint density at radius 3 is 2.70 bits per heavy atom. The first-order chi connectivity index (χ1) is 11.0. The predicted octanol–water partition coefficient (Wildman–Crippen LogP) is 4.90. The van der Waals surface area contributed by atoms with Gasteiger partial charge in [-0.05, 0) is 48.3 Å². The number of pyridine rings is 1. The van der Waals surface area contributed by atoms with E-state index in [1.54, 1.807) is 0 Å². The van der Waals surface area contributed by atoms with E-state index in [-0.39, 0.29) is 6.10 Å². The summed E-state index contributed by atoms with van der Waals surface area (Å²) in [6.45, 7) is 6.94. The second kappa shape index (κ2) is 8.11. The van der Waals surface area contributed by atoms with Gasteiger partial charge in [0.2, 0.25) is 5.88 Å². The van der Waals surface area contributed by atoms with Crippen LogP contribution >= 0.6 is 15.9 Å². The first-order valence-corrected chi connectivity index (χ1v) is 8.43. The lowest BCUT2D eigenvalue weighted by Crippen LogP contribution is -2.14. The molecule has 0 saturated heterocycles. The molecule has 1 aromatic carbocycles. The zero-order valence-corrected chi connectivity index (χ0v) is 15.5. The van der Waals surface area contributed by atoms with Gasteiger partial charge in [0, 0.05) is 13.6 Å². The molecule has 0 aliphatic rings. The molecular weight excluding hydrogens is 354 g/mol. The molecule has 0 aliphatic heterocycles. The Morgan fingerprint density at radius 1 is 1.35 bits per heavy atom. The molecule has 0 radical (unpaired) electrons. The summed E-state index contributed by atoms with van der Waals surface area (Å²) in [5.41, 5.74) is 2.78. The quantitative estimate of drug-likeness (QED) is 0.531. The van der Waals surface area contributed by atoms with Crippen LogP contribution in [-0.2, 0) is 0 Å². The Balaban J connectivity index is 2.18. The molecule has 0 aliphatic carbocycles. The van der Waals surface area contributed by atoms with Crippen molar-refractivity contribution in [2.24, 2.45) is 4.99 Å². The summed E-state index contributed by atoms with van der Waals surface area (Å²) < 4.78 is 6.80. The van der Waals surface area contributed by atoms with Crippen molar-refractivity contribution in [2.75, 3.05) is 13.6 Å². The van der Waals surface area contributed by atoms with Crippen LogP contribution in [0.25, 0.3) is 0 Å². The van der Waals surface area contributed by atoms with Gasteiger partial charge >= 0.3 is 0 Å². The van der Waals surface area contributed by atoms with Crippen molar-refractivity contribution >= 4 is 28.0 Å². The Bertz CT molecular complexity index is 673. The molecule has 0 saturated carbocycles. The van der Waals surface area contributed by atoms with E-state index in [1.807, 2.05) is 68.5 Å². The highest BCUT2D eigenvalue weighted by molar-refractivity contribution is 9.10. The molecule has 2 aromatic rings. The summed E-state index contributed by atoms with van der Waals surface area (Å²) in [4.78, 5) is 11.0. The molecule has 0 fully saturated rings. The third kappa shape index (κ3) is 4.79. The van der Waals surface area contributed by atoms with Crippen molar-refractivity contribution < 1.29 is 4.74 Å². The molecule has 2 rings (SSSR count). The Morgan fingerprint density at radius 2 is 2.04 bits per heavy atom. The topological polar surface area (TPSA) is 37.7 Å². The summed E-state index contributed by atoms with van der Waals surface area (Å²) in [6, 6.07) is 12.0. The molecule has 5 heteroatoms. The summed E-state index contributed by atoms with van der Waals surface area (Å²) >= 11 is 3.53. The fourth-order valence-electron chi connectivity index (χ4n) is 1.96. The number of ether oxygens (including phenoxy) is 1. The van der Waals surface area contributed by atoms with Gasteiger partial charge in [-0.3, -0.25) is 0 Å². The summed E-state index contributed by atoms with van der Waals surface area (Å²) in [6.07, 6.45) is 1.74. The maximum Gasteiger partial charge on any atom is 0.228 e. The molecule has 122 valence electrons. The van der Waals surface area contributed by atoms with Crippen LogP contribution in [0.15, 0.2) is 45.9 Å². The number of hydrogen-bond acceptors (Lipinski definition) is 3. The van der Waals surface area contributed by atoms with Crippen molar-refractivity contribution in [2.45, 2.75) is 26.9 Å². The lowest BCUT2D eigenvalue weighted by Gasteiger charge is -2.16. The first kappa shape index (κ1) is 17.5. The number of benzene rings is 1. The Labute approximate surface area is 146 Å². The minimum Gasteiger partial charge on any atom is -0.469 e. The van der Waals surface area contributed by atoms with Gasteiger partial charge in [-0.15, -0.1) is 0 Å². The second-order valence-corrected chi connectivity index (χ2v) is 6.22. The van der Waals surface area contributed by atoms with E-state index in [9.17, 15) is 0 Å². The smallest absolute Gasteiger partial charge is 0.228 e. The average Bonchev–Trinajstić information content (AvgIpc) is 2.57. The molecule has 0 amide bonds. The van der Waals surface area contributed by atoms with Crippen molar-refractivity contribution in [3.63, 3.8) is 0 Å². The lowest BCUT2D eigenvalue weighted by atomic mass is 10.1. The van der Waals surface area contributed by atoms with Crippen LogP contribution in [0.1, 0.15) is 31.2 Å². The van der Waals surface area contributed by atoms with Crippen LogP contribution in [0, 0.1) is 6.92 Å². The van der Waals surface area contributed by atoms with Crippen LogP contribution in [0.4, 0.5) is 5.69 Å². The minimum atomic E-state index is -0.0695. The maximum atomic E-state index is 5.99. The third-order valence-electron chi connectivity index (χ3n) is 3.56. The molecule has 1 atom stereocenters. The molecule has 0 N–H and O–H groups in total. The fourth-order valence-corrected chi connectivity index (χ4v) is 2.36. The van der Waals surface area contributed by atoms with Crippen LogP contribution in [0.2, 0.25) is 0 Å². The highest BCUT2D eigenvalue weighted by Crippen LogP contribution is 2.32. The SMILES string of the molecule is CCN(C)C=Nc1cc(Br)c(O[C@@H](C)c2ccccc2)nc1C. The van der Waals surface area contributed by atoms with Crippen molar-refractivity contribution in [1.29, 1.82) is 0 Å². The molecule has 23 heavy (non-hydrogen) atoms. The number of rotatable bonds is 6. The van der Waals surface area contributed by atoms with Gasteiger partial charge in [-0.25, -0.2) is 9.98 Å². The van der Waals surface area contributed by atoms with Gasteiger partial charge in [0.25, 0.3) is 0 Å². The van der Waals surface area contributed by atoms with Gasteiger partial charge in [0.1, 0.15) is 6.10 Å². The molecule has 4 nitrogen and oxygen atoms in total. The van der Waals surface area contributed by atoms with Gasteiger partial charge in [0.15, 0.2) is 0 Å². The minimum absolute atomic E-state index is 0.0695. The fraction of sp³-hybridized carbons (Fsp3) is 0.333. The van der Waals surface area contributed by atoms with Gasteiger partial charge in [-0.2, -0.15) is 0 Å². The highest BCUT2D eigenvalue weighted by atomic mass is 79.9. The second-order valence-electron chi connectivity index (χ2n) is 5.37. The summed E-state index contributed by atoms with van der Waals surface area (Å²) in [5.74, 6) is 0.585. The maximum absolute atomic E-state index is 5.99. The zero-order chi connectivity index (χ0) is 16.8. The van der Waals surface area contributed by atoms with E-state index >= 15 is 0 Å². The van der Waals surface area contributed by atoms with E-state index in [1.165, 1.54) is 0 Å². The van der Waals surface area contributed by atoms with Crippen LogP contribution in [0.3, 0.4) is 0 Å². The number of aryl methyl sites for hydroxylation is 1. The lowest BCUT2D eigenvalue weighted by molar-refractivity contribution is 0.215. The predicted molar refractivity (Wildman–Crippen MR) is 98.6 cm³/mol. The Kier molecular flexibility index (Phi) is 6.16. The molecule has 0 spiro atoms. The molecular formula is C18H22BrN3O. The van der Waals surface area contributed by atoms with E-state index in [2.05, 4.69) is 32.8 Å². The summed E-state index contributed by atoms with van der Waals surface area (Å²) in [7, 11) is 1.99. The Hall–Kier alpha value is -1.88. The number of aliphatic imine (C=N–C) groups is 1. The van der Waals surface area contributed by atoms with Crippen LogP contribution in [0.5, 0.6) is 5.88 Å². The molecule has 1 aromatic heterocycles. The van der Waals surface area contributed by atoms with Gasteiger partial charge in [0.05, 0.1) is 22.2 Å². The normalized spacial score (nSPS) is 12.4. The standard InChI is InChI=1S/C18H22BrN3O/c1-5-22(4)12-20-17-11-16(19)18(21-13(17)2)23-14(3)15-9-7-6-8-10-15/h6-12,14H,5H2,1-4H3/t14-/m0/s1. The largest absolute Gasteiger partial charge is 0.469 e. The van der Waals surface area contributed by atoms with Crippen molar-refractivity contribution in [3.8, 4) is 5.88 Å². The van der Waals surface area contributed by atoms with Gasteiger partial charge < -0.3 is 9.64 Å². The third-order valence-corrected chi connectivity index (χ3v) is 4.13. The van der Waals surface area contributed by atoms with Crippen molar-refractivity contribution in [1.82, 2.24) is 9.88 Å². The van der Waals surface area contributed by atoms with Gasteiger partial charge in [-0.1, -0.05) is 30.3 Å². The van der Waals surface area contributed by atoms with E-state index in [0.717, 1.165) is 28.0 Å².